The quantitative estimate of drug-likeness (QED) is 0.881. The van der Waals surface area contributed by atoms with Crippen molar-refractivity contribution in [3.05, 3.63) is 50.5 Å². The number of hydrogen-bond donors (Lipinski definition) is 2. The third-order valence-corrected chi connectivity index (χ3v) is 5.04. The molecular formula is C17H20N2O3S. The number of aryl methyl sites for hydroxylation is 4. The second-order valence-electron chi connectivity index (χ2n) is 5.46. The average molecular weight is 332 g/mol. The summed E-state index contributed by atoms with van der Waals surface area (Å²) in [6.45, 7) is 7.60. The molecule has 1 amide bonds. The Balaban J connectivity index is 2.28. The third kappa shape index (κ3) is 3.76. The fraction of sp³-hybridized carbons (Fsp3) is 0.353. The predicted molar refractivity (Wildman–Crippen MR) is 90.0 cm³/mol. The molecule has 0 aliphatic heterocycles. The van der Waals surface area contributed by atoms with Gasteiger partial charge in [-0.2, -0.15) is 0 Å². The lowest BCUT2D eigenvalue weighted by Gasteiger charge is -2.16. The minimum absolute atomic E-state index is 0.398. The van der Waals surface area contributed by atoms with Crippen LogP contribution in [0.15, 0.2) is 18.2 Å². The summed E-state index contributed by atoms with van der Waals surface area (Å²) in [5, 5.41) is 12.9. The topological polar surface area (TPSA) is 79.3 Å². The summed E-state index contributed by atoms with van der Waals surface area (Å²) in [6, 6.07) is 4.32. The highest BCUT2D eigenvalue weighted by atomic mass is 32.1. The number of rotatable bonds is 5. The van der Waals surface area contributed by atoms with Crippen LogP contribution in [0.4, 0.5) is 0 Å². The molecule has 0 fully saturated rings. The molecular weight excluding hydrogens is 312 g/mol. The van der Waals surface area contributed by atoms with E-state index in [1.807, 2.05) is 26.8 Å². The van der Waals surface area contributed by atoms with E-state index in [-0.39, 0.29) is 0 Å². The molecule has 0 saturated carbocycles. The van der Waals surface area contributed by atoms with Gasteiger partial charge < -0.3 is 10.4 Å². The van der Waals surface area contributed by atoms with Crippen molar-refractivity contribution in [2.45, 2.75) is 40.2 Å². The Hall–Kier alpha value is -2.21. The van der Waals surface area contributed by atoms with Gasteiger partial charge in [0.2, 0.25) is 0 Å². The zero-order valence-corrected chi connectivity index (χ0v) is 14.5. The van der Waals surface area contributed by atoms with Gasteiger partial charge in [-0.1, -0.05) is 25.1 Å². The Kier molecular flexibility index (Phi) is 5.15. The minimum atomic E-state index is -1.08. The van der Waals surface area contributed by atoms with Gasteiger partial charge in [-0.3, -0.25) is 4.79 Å². The molecule has 2 N–H and O–H groups in total. The molecule has 0 bridgehead atoms. The first-order chi connectivity index (χ1) is 10.8. The first-order valence-electron chi connectivity index (χ1n) is 7.40. The van der Waals surface area contributed by atoms with Crippen LogP contribution in [0.1, 0.15) is 50.0 Å². The van der Waals surface area contributed by atoms with Crippen LogP contribution >= 0.6 is 11.3 Å². The number of carboxylic acid groups (broad SMARTS) is 1. The van der Waals surface area contributed by atoms with Crippen molar-refractivity contribution >= 4 is 23.2 Å². The number of carboxylic acids is 1. The van der Waals surface area contributed by atoms with Crippen molar-refractivity contribution in [1.82, 2.24) is 10.3 Å². The van der Waals surface area contributed by atoms with Gasteiger partial charge in [0.15, 0.2) is 6.04 Å². The van der Waals surface area contributed by atoms with E-state index >= 15 is 0 Å². The molecule has 122 valence electrons. The number of nitrogens with zero attached hydrogens (tertiary/aromatic N) is 1. The molecule has 0 radical (unpaired) electrons. The van der Waals surface area contributed by atoms with E-state index in [0.29, 0.717) is 16.1 Å². The highest BCUT2D eigenvalue weighted by Gasteiger charge is 2.25. The number of hydrogen-bond acceptors (Lipinski definition) is 4. The van der Waals surface area contributed by atoms with Crippen LogP contribution in [0, 0.1) is 20.8 Å². The number of aromatic nitrogens is 1. The Bertz CT molecular complexity index is 752. The predicted octanol–water partition coefficient (Wildman–Crippen LogP) is 3.19. The Labute approximate surface area is 139 Å². The van der Waals surface area contributed by atoms with E-state index in [2.05, 4.69) is 10.3 Å². The average Bonchev–Trinajstić information content (AvgIpc) is 2.88. The van der Waals surface area contributed by atoms with Crippen molar-refractivity contribution in [2.24, 2.45) is 0 Å². The zero-order chi connectivity index (χ0) is 17.1. The second kappa shape index (κ2) is 6.91. The summed E-state index contributed by atoms with van der Waals surface area (Å²) in [5.74, 6) is -1.48. The lowest BCUT2D eigenvalue weighted by atomic mass is 10.0. The van der Waals surface area contributed by atoms with Crippen molar-refractivity contribution in [1.29, 1.82) is 0 Å². The van der Waals surface area contributed by atoms with Crippen LogP contribution in [0.5, 0.6) is 0 Å². The fourth-order valence-electron chi connectivity index (χ4n) is 2.24. The van der Waals surface area contributed by atoms with Crippen molar-refractivity contribution in [3.8, 4) is 0 Å². The largest absolute Gasteiger partial charge is 0.479 e. The van der Waals surface area contributed by atoms with Gasteiger partial charge >= 0.3 is 5.97 Å². The molecule has 0 saturated heterocycles. The van der Waals surface area contributed by atoms with Crippen LogP contribution in [-0.4, -0.2) is 22.0 Å². The van der Waals surface area contributed by atoms with Crippen molar-refractivity contribution in [3.63, 3.8) is 0 Å². The first kappa shape index (κ1) is 17.1. The third-order valence-electron chi connectivity index (χ3n) is 3.74. The molecule has 5 nitrogen and oxygen atoms in total. The molecule has 0 aliphatic carbocycles. The number of benzene rings is 1. The number of aliphatic carboxylic acids is 1. The Morgan fingerprint density at radius 3 is 2.48 bits per heavy atom. The first-order valence-corrected chi connectivity index (χ1v) is 8.22. The molecule has 0 aliphatic rings. The molecule has 1 heterocycles. The summed E-state index contributed by atoms with van der Waals surface area (Å²) < 4.78 is 0. The normalized spacial score (nSPS) is 12.0. The lowest BCUT2D eigenvalue weighted by molar-refractivity contribution is -0.139. The van der Waals surface area contributed by atoms with Crippen molar-refractivity contribution in [2.75, 3.05) is 0 Å². The molecule has 1 unspecified atom stereocenters. The molecule has 23 heavy (non-hydrogen) atoms. The van der Waals surface area contributed by atoms with E-state index < -0.39 is 17.9 Å². The van der Waals surface area contributed by atoms with Gasteiger partial charge in [0.1, 0.15) is 4.88 Å². The second-order valence-corrected chi connectivity index (χ2v) is 6.55. The van der Waals surface area contributed by atoms with Crippen molar-refractivity contribution < 1.29 is 14.7 Å². The molecule has 6 heteroatoms. The summed E-state index contributed by atoms with van der Waals surface area (Å²) in [4.78, 5) is 28.8. The van der Waals surface area contributed by atoms with E-state index in [0.717, 1.165) is 22.6 Å². The maximum atomic E-state index is 12.4. The number of amides is 1. The molecule has 1 aromatic carbocycles. The lowest BCUT2D eigenvalue weighted by Crippen LogP contribution is -2.33. The van der Waals surface area contributed by atoms with Crippen LogP contribution in [0.2, 0.25) is 0 Å². The summed E-state index contributed by atoms with van der Waals surface area (Å²) >= 11 is 1.31. The maximum Gasteiger partial charge on any atom is 0.330 e. The van der Waals surface area contributed by atoms with E-state index in [1.165, 1.54) is 11.3 Å². The molecule has 2 rings (SSSR count). The van der Waals surface area contributed by atoms with E-state index in [9.17, 15) is 14.7 Å². The van der Waals surface area contributed by atoms with E-state index in [4.69, 9.17) is 0 Å². The summed E-state index contributed by atoms with van der Waals surface area (Å²) in [6.07, 6.45) is 0.748. The van der Waals surface area contributed by atoms with Gasteiger partial charge in [0.25, 0.3) is 5.91 Å². The molecule has 1 atom stereocenters. The highest BCUT2D eigenvalue weighted by molar-refractivity contribution is 7.13. The van der Waals surface area contributed by atoms with Gasteiger partial charge in [-0.15, -0.1) is 11.3 Å². The fourth-order valence-corrected chi connectivity index (χ4v) is 3.15. The summed E-state index contributed by atoms with van der Waals surface area (Å²) in [7, 11) is 0. The number of thiazole rings is 1. The molecule has 0 spiro atoms. The minimum Gasteiger partial charge on any atom is -0.479 e. The number of carbonyl (C=O) groups excluding carboxylic acids is 1. The Morgan fingerprint density at radius 2 is 1.96 bits per heavy atom. The van der Waals surface area contributed by atoms with Crippen LogP contribution in [0.25, 0.3) is 0 Å². The van der Waals surface area contributed by atoms with Gasteiger partial charge in [0, 0.05) is 0 Å². The zero-order valence-electron chi connectivity index (χ0n) is 13.6. The van der Waals surface area contributed by atoms with Gasteiger partial charge in [-0.05, 0) is 43.9 Å². The molecule has 1 aromatic heterocycles. The summed E-state index contributed by atoms with van der Waals surface area (Å²) in [5.41, 5.74) is 3.26. The van der Waals surface area contributed by atoms with Gasteiger partial charge in [-0.25, -0.2) is 9.78 Å². The van der Waals surface area contributed by atoms with Gasteiger partial charge in [0.05, 0.1) is 10.7 Å². The monoisotopic (exact) mass is 332 g/mol. The standard InChI is InChI=1S/C17H20N2O3S/c1-5-13-18-11(4)15(23-13)16(20)19-14(17(21)22)12-7-6-9(2)10(3)8-12/h6-8,14H,5H2,1-4H3,(H,19,20)(H,21,22). The SMILES string of the molecule is CCc1nc(C)c(C(=O)NC(C(=O)O)c2ccc(C)c(C)c2)s1. The number of nitrogens with one attached hydrogen (secondary N) is 1. The van der Waals surface area contributed by atoms with Crippen LogP contribution in [0.3, 0.4) is 0 Å². The van der Waals surface area contributed by atoms with Crippen LogP contribution < -0.4 is 5.32 Å². The maximum absolute atomic E-state index is 12.4. The van der Waals surface area contributed by atoms with E-state index in [1.54, 1.807) is 19.1 Å². The van der Waals surface area contributed by atoms with Crippen LogP contribution in [-0.2, 0) is 11.2 Å². The smallest absolute Gasteiger partial charge is 0.330 e. The highest BCUT2D eigenvalue weighted by Crippen LogP contribution is 2.22. The Morgan fingerprint density at radius 1 is 1.26 bits per heavy atom. The molecule has 2 aromatic rings. The number of carbonyl (C=O) groups is 2.